The van der Waals surface area contributed by atoms with Gasteiger partial charge < -0.3 is 5.73 Å². The smallest absolute Gasteiger partial charge is 0.107 e. The zero-order valence-electron chi connectivity index (χ0n) is 11.0. The number of nitrogens with zero attached hydrogens (tertiary/aromatic N) is 2. The number of hydrogen-bond acceptors (Lipinski definition) is 4. The highest BCUT2D eigenvalue weighted by atomic mass is 32.1. The molecule has 0 aliphatic carbocycles. The van der Waals surface area contributed by atoms with Crippen LogP contribution in [0.4, 0.5) is 0 Å². The topological polar surface area (TPSA) is 42.2 Å². The van der Waals surface area contributed by atoms with Crippen LogP contribution in [0.2, 0.25) is 0 Å². The average molecular weight is 271 g/mol. The number of aromatic nitrogens is 1. The predicted octanol–water partition coefficient (Wildman–Crippen LogP) is 2.50. The number of aryl methyl sites for hydroxylation is 2. The summed E-state index contributed by atoms with van der Waals surface area (Å²) in [6.07, 6.45) is 0. The molecule has 0 fully saturated rings. The predicted molar refractivity (Wildman–Crippen MR) is 78.5 cm³/mol. The van der Waals surface area contributed by atoms with Gasteiger partial charge in [0.2, 0.25) is 0 Å². The fourth-order valence-electron chi connectivity index (χ4n) is 1.58. The Kier molecular flexibility index (Phi) is 5.49. The molecule has 1 aromatic rings. The van der Waals surface area contributed by atoms with Crippen molar-refractivity contribution >= 4 is 28.5 Å². The van der Waals surface area contributed by atoms with Gasteiger partial charge in [-0.2, -0.15) is 0 Å². The van der Waals surface area contributed by atoms with E-state index in [0.717, 1.165) is 25.3 Å². The minimum atomic E-state index is 0.257. The van der Waals surface area contributed by atoms with E-state index in [9.17, 15) is 0 Å². The third-order valence-electron chi connectivity index (χ3n) is 2.90. The summed E-state index contributed by atoms with van der Waals surface area (Å²) in [7, 11) is 0. The van der Waals surface area contributed by atoms with Gasteiger partial charge in [0, 0.05) is 17.3 Å². The Morgan fingerprint density at radius 1 is 1.53 bits per heavy atom. The molecular weight excluding hydrogens is 250 g/mol. The summed E-state index contributed by atoms with van der Waals surface area (Å²) in [4.78, 5) is 8.79. The Morgan fingerprint density at radius 3 is 2.59 bits per heavy atom. The SMILES string of the molecule is CCN(Cc1nc(C)c(C)s1)CC(C)C(N)=S. The molecule has 0 saturated heterocycles. The van der Waals surface area contributed by atoms with Crippen molar-refractivity contribution in [3.8, 4) is 0 Å². The monoisotopic (exact) mass is 271 g/mol. The molecule has 0 radical (unpaired) electrons. The molecule has 1 aromatic heterocycles. The van der Waals surface area contributed by atoms with Gasteiger partial charge in [0.05, 0.1) is 17.2 Å². The summed E-state index contributed by atoms with van der Waals surface area (Å²) >= 11 is 6.79. The van der Waals surface area contributed by atoms with Gasteiger partial charge in [-0.1, -0.05) is 26.1 Å². The van der Waals surface area contributed by atoms with Crippen LogP contribution in [-0.2, 0) is 6.54 Å². The van der Waals surface area contributed by atoms with Crippen LogP contribution in [0.15, 0.2) is 0 Å². The van der Waals surface area contributed by atoms with Crippen LogP contribution >= 0.6 is 23.6 Å². The average Bonchev–Trinajstić information content (AvgIpc) is 2.56. The van der Waals surface area contributed by atoms with Gasteiger partial charge in [0.15, 0.2) is 0 Å². The maximum atomic E-state index is 5.65. The van der Waals surface area contributed by atoms with Crippen LogP contribution in [0.5, 0.6) is 0 Å². The highest BCUT2D eigenvalue weighted by molar-refractivity contribution is 7.80. The van der Waals surface area contributed by atoms with E-state index in [1.54, 1.807) is 11.3 Å². The van der Waals surface area contributed by atoms with Gasteiger partial charge in [-0.05, 0) is 20.4 Å². The Bertz CT molecular complexity index is 368. The molecule has 96 valence electrons. The lowest BCUT2D eigenvalue weighted by Gasteiger charge is -2.22. The van der Waals surface area contributed by atoms with Gasteiger partial charge in [0.25, 0.3) is 0 Å². The van der Waals surface area contributed by atoms with Crippen LogP contribution in [0, 0.1) is 19.8 Å². The van der Waals surface area contributed by atoms with Gasteiger partial charge >= 0.3 is 0 Å². The third-order valence-corrected chi connectivity index (χ3v) is 4.36. The first-order valence-corrected chi connectivity index (χ1v) is 7.11. The summed E-state index contributed by atoms with van der Waals surface area (Å²) in [6, 6.07) is 0. The van der Waals surface area contributed by atoms with Crippen molar-refractivity contribution in [3.63, 3.8) is 0 Å². The second-order valence-electron chi connectivity index (χ2n) is 4.38. The minimum Gasteiger partial charge on any atom is -0.393 e. The first-order valence-electron chi connectivity index (χ1n) is 5.88. The van der Waals surface area contributed by atoms with Crippen LogP contribution < -0.4 is 5.73 Å². The molecule has 1 atom stereocenters. The van der Waals surface area contributed by atoms with Crippen LogP contribution in [0.1, 0.15) is 29.4 Å². The molecule has 0 saturated carbocycles. The number of thiazole rings is 1. The molecule has 0 bridgehead atoms. The highest BCUT2D eigenvalue weighted by Gasteiger charge is 2.13. The van der Waals surface area contributed by atoms with E-state index in [-0.39, 0.29) is 5.92 Å². The highest BCUT2D eigenvalue weighted by Crippen LogP contribution is 2.18. The maximum absolute atomic E-state index is 5.65. The molecule has 0 aliphatic heterocycles. The summed E-state index contributed by atoms with van der Waals surface area (Å²) < 4.78 is 0. The van der Waals surface area contributed by atoms with E-state index in [4.69, 9.17) is 18.0 Å². The lowest BCUT2D eigenvalue weighted by Crippen LogP contribution is -2.33. The van der Waals surface area contributed by atoms with E-state index in [0.29, 0.717) is 4.99 Å². The summed E-state index contributed by atoms with van der Waals surface area (Å²) in [6.45, 7) is 11.2. The number of nitrogens with two attached hydrogens (primary N) is 1. The molecule has 1 heterocycles. The quantitative estimate of drug-likeness (QED) is 0.807. The molecule has 2 N–H and O–H groups in total. The molecule has 5 heteroatoms. The Labute approximate surface area is 113 Å². The van der Waals surface area contributed by atoms with Gasteiger partial charge in [-0.25, -0.2) is 4.98 Å². The summed E-state index contributed by atoms with van der Waals surface area (Å²) in [5.74, 6) is 0.257. The first-order chi connectivity index (χ1) is 7.93. The van der Waals surface area contributed by atoms with E-state index in [1.165, 1.54) is 9.88 Å². The summed E-state index contributed by atoms with van der Waals surface area (Å²) in [5, 5.41) is 1.18. The van der Waals surface area contributed by atoms with E-state index < -0.39 is 0 Å². The van der Waals surface area contributed by atoms with Gasteiger partial charge in [0.1, 0.15) is 5.01 Å². The van der Waals surface area contributed by atoms with Crippen molar-refractivity contribution in [1.29, 1.82) is 0 Å². The fourth-order valence-corrected chi connectivity index (χ4v) is 2.63. The molecule has 0 amide bonds. The zero-order chi connectivity index (χ0) is 13.0. The van der Waals surface area contributed by atoms with Gasteiger partial charge in [-0.3, -0.25) is 4.90 Å². The molecule has 1 rings (SSSR count). The third kappa shape index (κ3) is 4.33. The molecular formula is C12H21N3S2. The van der Waals surface area contributed by atoms with E-state index >= 15 is 0 Å². The van der Waals surface area contributed by atoms with Gasteiger partial charge in [-0.15, -0.1) is 11.3 Å². The summed E-state index contributed by atoms with van der Waals surface area (Å²) in [5.41, 5.74) is 6.79. The van der Waals surface area contributed by atoms with E-state index in [1.807, 2.05) is 0 Å². The van der Waals surface area contributed by atoms with Crippen molar-refractivity contribution in [2.75, 3.05) is 13.1 Å². The van der Waals surface area contributed by atoms with E-state index in [2.05, 4.69) is 37.6 Å². The Balaban J connectivity index is 2.60. The van der Waals surface area contributed by atoms with Crippen LogP contribution in [0.25, 0.3) is 0 Å². The van der Waals surface area contributed by atoms with Crippen molar-refractivity contribution in [2.24, 2.45) is 11.7 Å². The second-order valence-corrected chi connectivity index (χ2v) is 6.14. The number of rotatable bonds is 6. The molecule has 1 unspecified atom stereocenters. The largest absolute Gasteiger partial charge is 0.393 e. The van der Waals surface area contributed by atoms with Crippen molar-refractivity contribution in [2.45, 2.75) is 34.2 Å². The Morgan fingerprint density at radius 2 is 2.18 bits per heavy atom. The number of hydrogen-bond donors (Lipinski definition) is 1. The minimum absolute atomic E-state index is 0.257. The lowest BCUT2D eigenvalue weighted by molar-refractivity contribution is 0.263. The number of thiocarbonyl (C=S) groups is 1. The van der Waals surface area contributed by atoms with Crippen molar-refractivity contribution < 1.29 is 0 Å². The van der Waals surface area contributed by atoms with Crippen LogP contribution in [0.3, 0.4) is 0 Å². The first kappa shape index (κ1) is 14.5. The van der Waals surface area contributed by atoms with Crippen molar-refractivity contribution in [3.05, 3.63) is 15.6 Å². The van der Waals surface area contributed by atoms with Crippen LogP contribution in [-0.4, -0.2) is 28.0 Å². The zero-order valence-corrected chi connectivity index (χ0v) is 12.6. The molecule has 17 heavy (non-hydrogen) atoms. The molecule has 0 aliphatic rings. The molecule has 0 spiro atoms. The maximum Gasteiger partial charge on any atom is 0.107 e. The lowest BCUT2D eigenvalue weighted by atomic mass is 10.1. The molecule has 0 aromatic carbocycles. The normalized spacial score (nSPS) is 13.0. The fraction of sp³-hybridized carbons (Fsp3) is 0.667. The molecule has 3 nitrogen and oxygen atoms in total. The van der Waals surface area contributed by atoms with Crippen molar-refractivity contribution in [1.82, 2.24) is 9.88 Å². The standard InChI is InChI=1S/C12H21N3S2/c1-5-15(6-8(2)12(13)16)7-11-14-9(3)10(4)17-11/h8H,5-7H2,1-4H3,(H2,13,16). The second kappa shape index (κ2) is 6.42. The Hall–Kier alpha value is -0.520.